The molecule has 0 fully saturated rings. The summed E-state index contributed by atoms with van der Waals surface area (Å²) in [6.07, 6.45) is 7.73. The first kappa shape index (κ1) is 11.8. The standard InChI is InChI=1S/C15H20N2O/c16-10-14(17-13-3-1-2-4-13)11-5-6-15-12(9-11)7-8-18-15/h1-2,5-6,9,13-14,17H,3-4,7-8,10,16H2. The molecule has 1 aliphatic carbocycles. The molecule has 0 spiro atoms. The van der Waals surface area contributed by atoms with E-state index >= 15 is 0 Å². The number of hydrogen-bond donors (Lipinski definition) is 2. The lowest BCUT2D eigenvalue weighted by molar-refractivity contribution is 0.356. The molecule has 2 aliphatic rings. The van der Waals surface area contributed by atoms with Gasteiger partial charge in [0.05, 0.1) is 6.61 Å². The molecule has 3 rings (SSSR count). The van der Waals surface area contributed by atoms with E-state index in [0.29, 0.717) is 12.6 Å². The normalized spacial score (nSPS) is 19.8. The Hall–Kier alpha value is -1.32. The van der Waals surface area contributed by atoms with E-state index in [0.717, 1.165) is 31.6 Å². The third-order valence-corrected chi connectivity index (χ3v) is 3.80. The number of hydrogen-bond acceptors (Lipinski definition) is 3. The molecule has 3 N–H and O–H groups in total. The maximum Gasteiger partial charge on any atom is 0.122 e. The highest BCUT2D eigenvalue weighted by Crippen LogP contribution is 2.28. The first-order chi connectivity index (χ1) is 8.86. The van der Waals surface area contributed by atoms with Crippen LogP contribution in [0.4, 0.5) is 0 Å². The van der Waals surface area contributed by atoms with Gasteiger partial charge in [0.2, 0.25) is 0 Å². The second-order valence-corrected chi connectivity index (χ2v) is 5.06. The zero-order chi connectivity index (χ0) is 12.4. The quantitative estimate of drug-likeness (QED) is 0.796. The zero-order valence-electron chi connectivity index (χ0n) is 10.6. The SMILES string of the molecule is NCC(NC1CC=CC1)c1ccc2c(c1)CCO2. The molecule has 1 unspecified atom stereocenters. The molecule has 1 aromatic carbocycles. The van der Waals surface area contributed by atoms with E-state index in [4.69, 9.17) is 10.5 Å². The van der Waals surface area contributed by atoms with Crippen LogP contribution in [0.5, 0.6) is 5.75 Å². The molecular formula is C15H20N2O. The minimum atomic E-state index is 0.251. The molecule has 3 nitrogen and oxygen atoms in total. The number of fused-ring (bicyclic) bond motifs is 1. The minimum Gasteiger partial charge on any atom is -0.493 e. The second kappa shape index (κ2) is 5.12. The Morgan fingerprint density at radius 2 is 2.17 bits per heavy atom. The molecule has 0 saturated heterocycles. The van der Waals surface area contributed by atoms with Gasteiger partial charge in [-0.3, -0.25) is 0 Å². The first-order valence-electron chi connectivity index (χ1n) is 6.73. The third kappa shape index (κ3) is 2.28. The number of nitrogens with two attached hydrogens (primary N) is 1. The van der Waals surface area contributed by atoms with Crippen molar-refractivity contribution in [2.24, 2.45) is 5.73 Å². The van der Waals surface area contributed by atoms with Crippen molar-refractivity contribution in [3.05, 3.63) is 41.5 Å². The van der Waals surface area contributed by atoms with Crippen LogP contribution in [0.15, 0.2) is 30.4 Å². The van der Waals surface area contributed by atoms with Crippen LogP contribution < -0.4 is 15.8 Å². The van der Waals surface area contributed by atoms with Crippen LogP contribution in [0.3, 0.4) is 0 Å². The minimum absolute atomic E-state index is 0.251. The molecule has 1 aliphatic heterocycles. The highest BCUT2D eigenvalue weighted by molar-refractivity contribution is 5.41. The van der Waals surface area contributed by atoms with Gasteiger partial charge in [-0.2, -0.15) is 0 Å². The summed E-state index contributed by atoms with van der Waals surface area (Å²) in [5.41, 5.74) is 8.52. The number of rotatable bonds is 4. The van der Waals surface area contributed by atoms with Crippen molar-refractivity contribution in [3.63, 3.8) is 0 Å². The van der Waals surface area contributed by atoms with Gasteiger partial charge in [0, 0.05) is 25.0 Å². The van der Waals surface area contributed by atoms with Gasteiger partial charge in [0.15, 0.2) is 0 Å². The second-order valence-electron chi connectivity index (χ2n) is 5.06. The lowest BCUT2D eigenvalue weighted by Gasteiger charge is -2.22. The van der Waals surface area contributed by atoms with Crippen molar-refractivity contribution in [2.75, 3.05) is 13.2 Å². The summed E-state index contributed by atoms with van der Waals surface area (Å²) >= 11 is 0. The summed E-state index contributed by atoms with van der Waals surface area (Å²) in [5.74, 6) is 1.04. The fourth-order valence-electron chi connectivity index (χ4n) is 2.76. The summed E-state index contributed by atoms with van der Waals surface area (Å²) in [6.45, 7) is 1.45. The van der Waals surface area contributed by atoms with E-state index in [-0.39, 0.29) is 6.04 Å². The molecule has 0 radical (unpaired) electrons. The van der Waals surface area contributed by atoms with Gasteiger partial charge in [0.25, 0.3) is 0 Å². The van der Waals surface area contributed by atoms with Gasteiger partial charge in [-0.1, -0.05) is 24.3 Å². The molecule has 0 saturated carbocycles. The fraction of sp³-hybridized carbons (Fsp3) is 0.467. The summed E-state index contributed by atoms with van der Waals surface area (Å²) in [7, 11) is 0. The van der Waals surface area contributed by atoms with Gasteiger partial charge in [-0.15, -0.1) is 0 Å². The molecule has 3 heteroatoms. The van der Waals surface area contributed by atoms with Gasteiger partial charge in [-0.25, -0.2) is 0 Å². The maximum atomic E-state index is 5.91. The Kier molecular flexibility index (Phi) is 3.35. The monoisotopic (exact) mass is 244 g/mol. The highest BCUT2D eigenvalue weighted by atomic mass is 16.5. The van der Waals surface area contributed by atoms with Gasteiger partial charge in [-0.05, 0) is 30.0 Å². The summed E-state index contributed by atoms with van der Waals surface area (Å²) < 4.78 is 5.54. The first-order valence-corrected chi connectivity index (χ1v) is 6.73. The average molecular weight is 244 g/mol. The van der Waals surface area contributed by atoms with Gasteiger partial charge < -0.3 is 15.8 Å². The van der Waals surface area contributed by atoms with Gasteiger partial charge >= 0.3 is 0 Å². The van der Waals surface area contributed by atoms with Crippen molar-refractivity contribution >= 4 is 0 Å². The molecule has 0 bridgehead atoms. The summed E-state index contributed by atoms with van der Waals surface area (Å²) in [6, 6.07) is 7.25. The predicted octanol–water partition coefficient (Wildman–Crippen LogP) is 1.93. The predicted molar refractivity (Wildman–Crippen MR) is 72.7 cm³/mol. The van der Waals surface area contributed by atoms with Crippen LogP contribution in [0, 0.1) is 0 Å². The Balaban J connectivity index is 1.74. The maximum absolute atomic E-state index is 5.91. The van der Waals surface area contributed by atoms with Crippen molar-refractivity contribution in [1.82, 2.24) is 5.32 Å². The van der Waals surface area contributed by atoms with Crippen LogP contribution >= 0.6 is 0 Å². The van der Waals surface area contributed by atoms with Crippen molar-refractivity contribution in [2.45, 2.75) is 31.3 Å². The molecule has 18 heavy (non-hydrogen) atoms. The molecule has 1 atom stereocenters. The van der Waals surface area contributed by atoms with E-state index in [1.165, 1.54) is 11.1 Å². The van der Waals surface area contributed by atoms with Crippen LogP contribution in [-0.4, -0.2) is 19.2 Å². The van der Waals surface area contributed by atoms with Crippen LogP contribution in [0.2, 0.25) is 0 Å². The van der Waals surface area contributed by atoms with E-state index < -0.39 is 0 Å². The molecule has 1 heterocycles. The van der Waals surface area contributed by atoms with Crippen LogP contribution in [0.1, 0.15) is 30.0 Å². The van der Waals surface area contributed by atoms with Gasteiger partial charge in [0.1, 0.15) is 5.75 Å². The van der Waals surface area contributed by atoms with Crippen molar-refractivity contribution < 1.29 is 4.74 Å². The Morgan fingerprint density at radius 1 is 1.33 bits per heavy atom. The molecule has 0 aromatic heterocycles. The number of ether oxygens (including phenoxy) is 1. The van der Waals surface area contributed by atoms with Crippen molar-refractivity contribution in [3.8, 4) is 5.75 Å². The van der Waals surface area contributed by atoms with Crippen LogP contribution in [-0.2, 0) is 6.42 Å². The molecule has 96 valence electrons. The highest BCUT2D eigenvalue weighted by Gasteiger charge is 2.19. The van der Waals surface area contributed by atoms with Crippen LogP contribution in [0.25, 0.3) is 0 Å². The average Bonchev–Trinajstić information content (AvgIpc) is 3.06. The van der Waals surface area contributed by atoms with E-state index in [1.54, 1.807) is 0 Å². The molecule has 0 amide bonds. The molecular weight excluding hydrogens is 224 g/mol. The van der Waals surface area contributed by atoms with Crippen molar-refractivity contribution in [1.29, 1.82) is 0 Å². The Morgan fingerprint density at radius 3 is 2.94 bits per heavy atom. The largest absolute Gasteiger partial charge is 0.493 e. The number of nitrogens with one attached hydrogen (secondary N) is 1. The summed E-state index contributed by atoms with van der Waals surface area (Å²) in [4.78, 5) is 0. The Bertz CT molecular complexity index is 448. The third-order valence-electron chi connectivity index (χ3n) is 3.80. The van der Waals surface area contributed by atoms with E-state index in [1.807, 2.05) is 0 Å². The smallest absolute Gasteiger partial charge is 0.122 e. The number of benzene rings is 1. The topological polar surface area (TPSA) is 47.3 Å². The molecule has 1 aromatic rings. The lowest BCUT2D eigenvalue weighted by Crippen LogP contribution is -2.35. The zero-order valence-corrected chi connectivity index (χ0v) is 10.6. The van der Waals surface area contributed by atoms with E-state index in [9.17, 15) is 0 Å². The lowest BCUT2D eigenvalue weighted by atomic mass is 10.0. The summed E-state index contributed by atoms with van der Waals surface area (Å²) in [5, 5.41) is 3.64. The Labute approximate surface area is 108 Å². The van der Waals surface area contributed by atoms with E-state index in [2.05, 4.69) is 35.7 Å². The fourth-order valence-corrected chi connectivity index (χ4v) is 2.76.